The summed E-state index contributed by atoms with van der Waals surface area (Å²) >= 11 is 3.29. The summed E-state index contributed by atoms with van der Waals surface area (Å²) in [6, 6.07) is 1.52. The molecule has 0 spiro atoms. The van der Waals surface area contributed by atoms with Gasteiger partial charge in [-0.05, 0) is 21.3 Å². The number of nitrogens with one attached hydrogen (secondary N) is 1. The van der Waals surface area contributed by atoms with Crippen molar-refractivity contribution >= 4 is 27.5 Å². The molecule has 6 nitrogen and oxygen atoms in total. The van der Waals surface area contributed by atoms with Crippen molar-refractivity contribution in [3.8, 4) is 6.07 Å². The Morgan fingerprint density at radius 1 is 1.50 bits per heavy atom. The fraction of sp³-hybridized carbons (Fsp3) is 0.385. The van der Waals surface area contributed by atoms with Gasteiger partial charge in [-0.1, -0.05) is 20.8 Å². The average Bonchev–Trinajstić information content (AvgIpc) is 2.76. The van der Waals surface area contributed by atoms with Gasteiger partial charge >= 0.3 is 0 Å². The number of hydrogen-bond acceptors (Lipinski definition) is 4. The first-order chi connectivity index (χ1) is 9.32. The molecule has 2 aromatic rings. The Balaban J connectivity index is 2.31. The molecule has 0 bridgehead atoms. The molecule has 1 N–H and O–H groups in total. The Hall–Kier alpha value is -1.94. The average molecular weight is 336 g/mol. The molecular weight excluding hydrogens is 322 g/mol. The molecular formula is C13H14BrN5O. The van der Waals surface area contributed by atoms with E-state index in [1.54, 1.807) is 12.4 Å². The maximum absolute atomic E-state index is 12.3. The predicted molar refractivity (Wildman–Crippen MR) is 77.0 cm³/mol. The number of halogens is 1. The van der Waals surface area contributed by atoms with Gasteiger partial charge in [0.1, 0.15) is 11.6 Å². The van der Waals surface area contributed by atoms with Crippen molar-refractivity contribution in [1.82, 2.24) is 19.9 Å². The van der Waals surface area contributed by atoms with Crippen LogP contribution in [0.15, 0.2) is 23.1 Å². The molecule has 20 heavy (non-hydrogen) atoms. The summed E-state index contributed by atoms with van der Waals surface area (Å²) in [5.41, 5.74) is 0.461. The molecule has 0 saturated carbocycles. The number of amides is 1. The van der Waals surface area contributed by atoms with Crippen molar-refractivity contribution in [2.45, 2.75) is 26.8 Å². The van der Waals surface area contributed by atoms with Gasteiger partial charge in [0.05, 0.1) is 16.7 Å². The fourth-order valence-corrected chi connectivity index (χ4v) is 1.96. The van der Waals surface area contributed by atoms with Crippen LogP contribution in [-0.4, -0.2) is 26.5 Å². The summed E-state index contributed by atoms with van der Waals surface area (Å²) in [6.07, 6.45) is 4.76. The van der Waals surface area contributed by atoms with Crippen LogP contribution in [-0.2, 0) is 0 Å². The van der Waals surface area contributed by atoms with Crippen LogP contribution < -0.4 is 5.32 Å². The lowest BCUT2D eigenvalue weighted by Crippen LogP contribution is -2.42. The van der Waals surface area contributed by atoms with Crippen molar-refractivity contribution in [2.24, 2.45) is 5.41 Å². The first-order valence-corrected chi connectivity index (χ1v) is 6.81. The summed E-state index contributed by atoms with van der Waals surface area (Å²) in [4.78, 5) is 16.4. The van der Waals surface area contributed by atoms with Crippen molar-refractivity contribution in [3.05, 3.63) is 28.6 Å². The number of nitriles is 1. The second-order valence-electron chi connectivity index (χ2n) is 5.50. The molecule has 1 atom stereocenters. The van der Waals surface area contributed by atoms with E-state index in [0.717, 1.165) is 4.47 Å². The van der Waals surface area contributed by atoms with Crippen LogP contribution in [0.3, 0.4) is 0 Å². The van der Waals surface area contributed by atoms with Crippen molar-refractivity contribution in [1.29, 1.82) is 5.26 Å². The van der Waals surface area contributed by atoms with Gasteiger partial charge in [-0.2, -0.15) is 10.4 Å². The molecule has 2 rings (SSSR count). The van der Waals surface area contributed by atoms with Gasteiger partial charge < -0.3 is 5.32 Å². The minimum atomic E-state index is -0.583. The highest BCUT2D eigenvalue weighted by Gasteiger charge is 2.27. The third kappa shape index (κ3) is 2.80. The zero-order valence-electron chi connectivity index (χ0n) is 11.4. The summed E-state index contributed by atoms with van der Waals surface area (Å²) in [5.74, 6) is -0.351. The third-order valence-electron chi connectivity index (χ3n) is 2.84. The van der Waals surface area contributed by atoms with Gasteiger partial charge in [-0.25, -0.2) is 9.50 Å². The standard InChI is InChI=1S/C13H14BrN5O/c1-13(2,3)10(4-15)18-12(20)9-6-17-19-7-8(14)5-16-11(9)19/h5-7,10H,1-3H3,(H,18,20). The quantitative estimate of drug-likeness (QED) is 0.911. The normalized spacial score (nSPS) is 12.9. The maximum Gasteiger partial charge on any atom is 0.257 e. The molecule has 0 aliphatic carbocycles. The Labute approximate surface area is 124 Å². The number of aromatic nitrogens is 3. The van der Waals surface area contributed by atoms with Crippen molar-refractivity contribution in [3.63, 3.8) is 0 Å². The lowest BCUT2D eigenvalue weighted by molar-refractivity contribution is 0.0923. The van der Waals surface area contributed by atoms with Gasteiger partial charge in [0.2, 0.25) is 0 Å². The second kappa shape index (κ2) is 5.21. The van der Waals surface area contributed by atoms with Gasteiger partial charge in [0, 0.05) is 12.4 Å². The molecule has 1 unspecified atom stereocenters. The molecule has 104 valence electrons. The van der Waals surface area contributed by atoms with E-state index in [4.69, 9.17) is 5.26 Å². The first kappa shape index (κ1) is 14.5. The maximum atomic E-state index is 12.3. The van der Waals surface area contributed by atoms with Crippen LogP contribution in [0, 0.1) is 16.7 Å². The molecule has 0 saturated heterocycles. The van der Waals surface area contributed by atoms with E-state index in [2.05, 4.69) is 37.4 Å². The molecule has 0 radical (unpaired) electrons. The molecule has 0 aliphatic heterocycles. The Bertz CT molecular complexity index is 695. The van der Waals surface area contributed by atoms with Gasteiger partial charge in [0.15, 0.2) is 5.65 Å². The van der Waals surface area contributed by atoms with Crippen molar-refractivity contribution < 1.29 is 4.79 Å². The molecule has 0 aromatic carbocycles. The number of carbonyl (C=O) groups excluding carboxylic acids is 1. The number of fused-ring (bicyclic) bond motifs is 1. The monoisotopic (exact) mass is 335 g/mol. The largest absolute Gasteiger partial charge is 0.336 e. The Morgan fingerprint density at radius 3 is 2.80 bits per heavy atom. The zero-order valence-corrected chi connectivity index (χ0v) is 13.0. The molecule has 7 heteroatoms. The van der Waals surface area contributed by atoms with Crippen LogP contribution in [0.1, 0.15) is 31.1 Å². The van der Waals surface area contributed by atoms with E-state index in [9.17, 15) is 4.79 Å². The molecule has 0 fully saturated rings. The number of hydrogen-bond donors (Lipinski definition) is 1. The van der Waals surface area contributed by atoms with E-state index in [-0.39, 0.29) is 11.3 Å². The topological polar surface area (TPSA) is 83.1 Å². The highest BCUT2D eigenvalue weighted by molar-refractivity contribution is 9.10. The predicted octanol–water partition coefficient (Wildman–Crippen LogP) is 2.16. The lowest BCUT2D eigenvalue weighted by atomic mass is 9.87. The summed E-state index contributed by atoms with van der Waals surface area (Å²) < 4.78 is 2.28. The smallest absolute Gasteiger partial charge is 0.257 e. The third-order valence-corrected chi connectivity index (χ3v) is 3.25. The lowest BCUT2D eigenvalue weighted by Gasteiger charge is -2.25. The zero-order chi connectivity index (χ0) is 14.9. The molecule has 1 amide bonds. The Kier molecular flexibility index (Phi) is 3.77. The van der Waals surface area contributed by atoms with Gasteiger partial charge in [-0.15, -0.1) is 0 Å². The SMILES string of the molecule is CC(C)(C)C(C#N)NC(=O)c1cnn2cc(Br)cnc12. The van der Waals surface area contributed by atoms with E-state index < -0.39 is 6.04 Å². The van der Waals surface area contributed by atoms with Crippen LogP contribution in [0.2, 0.25) is 0 Å². The fourth-order valence-electron chi connectivity index (χ4n) is 1.66. The first-order valence-electron chi connectivity index (χ1n) is 6.02. The molecule has 2 aromatic heterocycles. The summed E-state index contributed by atoms with van der Waals surface area (Å²) in [6.45, 7) is 5.69. The van der Waals surface area contributed by atoms with Gasteiger partial charge in [0.25, 0.3) is 5.91 Å². The van der Waals surface area contributed by atoms with E-state index in [1.165, 1.54) is 10.7 Å². The van der Waals surface area contributed by atoms with E-state index >= 15 is 0 Å². The van der Waals surface area contributed by atoms with Crippen LogP contribution in [0.4, 0.5) is 0 Å². The minimum Gasteiger partial charge on any atom is -0.336 e. The van der Waals surface area contributed by atoms with E-state index in [0.29, 0.717) is 11.2 Å². The second-order valence-corrected chi connectivity index (χ2v) is 6.42. The van der Waals surface area contributed by atoms with E-state index in [1.807, 2.05) is 20.8 Å². The number of rotatable bonds is 2. The van der Waals surface area contributed by atoms with Crippen LogP contribution in [0.25, 0.3) is 5.65 Å². The summed E-state index contributed by atoms with van der Waals surface area (Å²) in [7, 11) is 0. The Morgan fingerprint density at radius 2 is 2.20 bits per heavy atom. The number of carbonyl (C=O) groups is 1. The van der Waals surface area contributed by atoms with Crippen LogP contribution >= 0.6 is 15.9 Å². The van der Waals surface area contributed by atoms with Gasteiger partial charge in [-0.3, -0.25) is 4.79 Å². The summed E-state index contributed by atoms with van der Waals surface area (Å²) in [5, 5.41) is 15.9. The van der Waals surface area contributed by atoms with Crippen molar-refractivity contribution in [2.75, 3.05) is 0 Å². The minimum absolute atomic E-state index is 0.343. The van der Waals surface area contributed by atoms with Crippen LogP contribution in [0.5, 0.6) is 0 Å². The highest BCUT2D eigenvalue weighted by atomic mass is 79.9. The molecule has 2 heterocycles. The molecule has 0 aliphatic rings. The highest BCUT2D eigenvalue weighted by Crippen LogP contribution is 2.19. The number of nitrogens with zero attached hydrogens (tertiary/aromatic N) is 4.